The second-order valence-electron chi connectivity index (χ2n) is 15.5. The van der Waals surface area contributed by atoms with Crippen molar-refractivity contribution in [3.8, 4) is 10.8 Å². The Labute approximate surface area is 335 Å². The number of thiophene rings is 1. The van der Waals surface area contributed by atoms with Gasteiger partial charge in [-0.05, 0) is 60.3 Å². The Kier molecular flexibility index (Phi) is 11.2. The molecule has 0 bridgehead atoms. The summed E-state index contributed by atoms with van der Waals surface area (Å²) in [4.78, 5) is 44.6. The highest BCUT2D eigenvalue weighted by Gasteiger charge is 2.50. The van der Waals surface area contributed by atoms with Crippen LogP contribution in [0.1, 0.15) is 57.8 Å². The molecule has 1 aliphatic rings. The van der Waals surface area contributed by atoms with Crippen LogP contribution in [0.4, 0.5) is 4.39 Å². The highest BCUT2D eigenvalue weighted by molar-refractivity contribution is 7.21. The molecule has 57 heavy (non-hydrogen) atoms. The zero-order valence-electron chi connectivity index (χ0n) is 33.0. The Bertz CT molecular complexity index is 2460. The molecule has 3 aromatic carbocycles. The van der Waals surface area contributed by atoms with Crippen molar-refractivity contribution in [2.24, 2.45) is 0 Å². The summed E-state index contributed by atoms with van der Waals surface area (Å²) in [5, 5.41) is 14.2. The van der Waals surface area contributed by atoms with E-state index in [1.54, 1.807) is 13.8 Å². The average molecular weight is 811 g/mol. The number of fused-ring (bicyclic) bond motifs is 1. The summed E-state index contributed by atoms with van der Waals surface area (Å²) < 4.78 is 37.2. The van der Waals surface area contributed by atoms with Crippen LogP contribution in [0.3, 0.4) is 0 Å². The molecule has 4 heterocycles. The van der Waals surface area contributed by atoms with Crippen LogP contribution >= 0.6 is 11.3 Å². The Morgan fingerprint density at radius 2 is 1.61 bits per heavy atom. The molecule has 1 N–H and O–H groups in total. The van der Waals surface area contributed by atoms with Crippen molar-refractivity contribution in [3.63, 3.8) is 0 Å². The van der Waals surface area contributed by atoms with Crippen molar-refractivity contribution in [3.05, 3.63) is 129 Å². The zero-order chi connectivity index (χ0) is 40.5. The smallest absolute Gasteiger partial charge is 0.333 e. The number of nitrogens with one attached hydrogen (secondary N) is 1. The first-order chi connectivity index (χ1) is 27.3. The number of rotatable bonds is 13. The largest absolute Gasteiger partial charge is 0.496 e. The fraction of sp³-hybridized carbons (Fsp3) is 0.357. The van der Waals surface area contributed by atoms with E-state index >= 15 is 4.39 Å². The van der Waals surface area contributed by atoms with Gasteiger partial charge in [0.25, 0.3) is 13.9 Å². The SMILES string of the molecule is COc1ccc(F)cc1[C@H](Cn1c(=O)n([C@]2(C)CCCNC2=O)c(=O)c2c(C)c(-n3nccn3)sc21)OCCO[Si](c1ccccc1)(c1ccccc1)C(C)(C)C. The summed E-state index contributed by atoms with van der Waals surface area (Å²) in [6.45, 7) is 10.5. The molecule has 1 fully saturated rings. The van der Waals surface area contributed by atoms with Crippen LogP contribution in [0.15, 0.2) is 101 Å². The highest BCUT2D eigenvalue weighted by Crippen LogP contribution is 2.38. The number of nitrogens with zero attached hydrogens (tertiary/aromatic N) is 5. The molecule has 12 nitrogen and oxygen atoms in total. The number of hydrogen-bond acceptors (Lipinski definition) is 9. The third kappa shape index (κ3) is 7.17. The monoisotopic (exact) mass is 810 g/mol. The second kappa shape index (κ2) is 16.0. The summed E-state index contributed by atoms with van der Waals surface area (Å²) >= 11 is 1.18. The second-order valence-corrected chi connectivity index (χ2v) is 20.7. The number of piperidine rings is 1. The lowest BCUT2D eigenvalue weighted by Gasteiger charge is -2.43. The maximum Gasteiger partial charge on any atom is 0.333 e. The maximum absolute atomic E-state index is 15.1. The van der Waals surface area contributed by atoms with E-state index in [0.717, 1.165) is 14.9 Å². The number of aryl methyl sites for hydroxylation is 1. The van der Waals surface area contributed by atoms with Crippen molar-refractivity contribution in [2.45, 2.75) is 70.7 Å². The van der Waals surface area contributed by atoms with Crippen LogP contribution in [0.5, 0.6) is 5.75 Å². The van der Waals surface area contributed by atoms with Crippen molar-refractivity contribution in [1.82, 2.24) is 29.4 Å². The van der Waals surface area contributed by atoms with E-state index < -0.39 is 42.9 Å². The summed E-state index contributed by atoms with van der Waals surface area (Å²) in [5.74, 6) is -0.578. The van der Waals surface area contributed by atoms with Gasteiger partial charge in [-0.3, -0.25) is 14.2 Å². The van der Waals surface area contributed by atoms with Crippen molar-refractivity contribution >= 4 is 46.2 Å². The Balaban J connectivity index is 1.34. The number of carbonyl (C=O) groups excluding carboxylic acids is 1. The summed E-state index contributed by atoms with van der Waals surface area (Å²) in [6, 6.07) is 24.7. The molecular weight excluding hydrogens is 764 g/mol. The van der Waals surface area contributed by atoms with Crippen molar-refractivity contribution < 1.29 is 23.1 Å². The number of aromatic nitrogens is 5. The molecule has 0 saturated carbocycles. The van der Waals surface area contributed by atoms with Gasteiger partial charge in [0.2, 0.25) is 5.91 Å². The standard InChI is InChI=1S/C42H47FN6O6SSi/c1-28-35-36(50)48(42(5)20-13-21-44-39(42)51)40(52)47(38(35)56-37(28)49-45-22-23-46-49)27-34(32-26-29(43)18-19-33(32)53-6)54-24-25-55-57(41(2,3)4,30-14-9-7-10-15-30)31-16-11-8-12-17-31/h7-12,14-19,22-23,26,34H,13,20-21,24-25,27H2,1-6H3,(H,44,51)/t34-,42+/m0/s1. The number of amides is 1. The topological polar surface area (TPSA) is 132 Å². The molecule has 0 radical (unpaired) electrons. The number of carbonyl (C=O) groups is 1. The maximum atomic E-state index is 15.1. The van der Waals surface area contributed by atoms with Gasteiger partial charge >= 0.3 is 5.69 Å². The van der Waals surface area contributed by atoms with E-state index in [-0.39, 0.29) is 36.6 Å². The van der Waals surface area contributed by atoms with E-state index in [2.05, 4.69) is 60.6 Å². The first kappa shape index (κ1) is 40.0. The van der Waals surface area contributed by atoms with E-state index in [4.69, 9.17) is 13.9 Å². The van der Waals surface area contributed by atoms with Gasteiger partial charge in [-0.1, -0.05) is 92.8 Å². The average Bonchev–Trinajstić information content (AvgIpc) is 3.85. The predicted molar refractivity (Wildman–Crippen MR) is 221 cm³/mol. The fourth-order valence-corrected chi connectivity index (χ4v) is 13.9. The van der Waals surface area contributed by atoms with Crippen LogP contribution in [0, 0.1) is 12.7 Å². The van der Waals surface area contributed by atoms with Gasteiger partial charge in [-0.25, -0.2) is 13.8 Å². The zero-order valence-corrected chi connectivity index (χ0v) is 34.8. The number of halogens is 1. The molecule has 6 aromatic rings. The first-order valence-electron chi connectivity index (χ1n) is 19.0. The summed E-state index contributed by atoms with van der Waals surface area (Å²) in [5.41, 5.74) is -1.82. The van der Waals surface area contributed by atoms with Gasteiger partial charge in [0.05, 0.1) is 44.6 Å². The van der Waals surface area contributed by atoms with Crippen LogP contribution in [-0.2, 0) is 26.0 Å². The van der Waals surface area contributed by atoms with Gasteiger partial charge in [0.15, 0.2) is 0 Å². The third-order valence-electron chi connectivity index (χ3n) is 10.9. The number of methoxy groups -OCH3 is 1. The molecule has 15 heteroatoms. The lowest BCUT2D eigenvalue weighted by molar-refractivity contribution is -0.131. The quantitative estimate of drug-likeness (QED) is 0.124. The normalized spacial score (nSPS) is 16.8. The number of ether oxygens (including phenoxy) is 2. The van der Waals surface area contributed by atoms with Crippen LogP contribution in [0.25, 0.3) is 15.2 Å². The third-order valence-corrected chi connectivity index (χ3v) is 17.2. The first-order valence-corrected chi connectivity index (χ1v) is 21.7. The van der Waals surface area contributed by atoms with Crippen LogP contribution in [-0.4, -0.2) is 65.2 Å². The molecule has 0 aliphatic carbocycles. The van der Waals surface area contributed by atoms with E-state index in [0.29, 0.717) is 39.7 Å². The molecule has 3 aromatic heterocycles. The fourth-order valence-electron chi connectivity index (χ4n) is 8.10. The van der Waals surface area contributed by atoms with Gasteiger partial charge < -0.3 is 19.2 Å². The van der Waals surface area contributed by atoms with E-state index in [1.165, 1.54) is 58.4 Å². The Morgan fingerprint density at radius 1 is 0.965 bits per heavy atom. The number of benzene rings is 3. The molecule has 1 amide bonds. The highest BCUT2D eigenvalue weighted by atomic mass is 32.1. The van der Waals surface area contributed by atoms with Crippen molar-refractivity contribution in [1.29, 1.82) is 0 Å². The minimum absolute atomic E-state index is 0.0679. The van der Waals surface area contributed by atoms with Gasteiger partial charge in [0.1, 0.15) is 33.0 Å². The van der Waals surface area contributed by atoms with Gasteiger partial charge in [0, 0.05) is 17.7 Å². The van der Waals surface area contributed by atoms with Crippen molar-refractivity contribution in [2.75, 3.05) is 26.9 Å². The molecule has 0 unspecified atom stereocenters. The molecular formula is C42H47FN6O6SSi. The van der Waals surface area contributed by atoms with E-state index in [1.807, 2.05) is 36.4 Å². The molecule has 7 rings (SSSR count). The molecule has 1 aliphatic heterocycles. The Morgan fingerprint density at radius 3 is 2.21 bits per heavy atom. The molecule has 298 valence electrons. The van der Waals surface area contributed by atoms with Crippen LogP contribution < -0.4 is 31.7 Å². The molecule has 0 spiro atoms. The minimum atomic E-state index is -2.93. The van der Waals surface area contributed by atoms with Gasteiger partial charge in [-0.2, -0.15) is 10.2 Å². The lowest BCUT2D eigenvalue weighted by atomic mass is 9.91. The van der Waals surface area contributed by atoms with E-state index in [9.17, 15) is 14.4 Å². The summed E-state index contributed by atoms with van der Waals surface area (Å²) in [6.07, 6.45) is 2.95. The molecule has 1 saturated heterocycles. The minimum Gasteiger partial charge on any atom is -0.496 e. The number of hydrogen-bond donors (Lipinski definition) is 1. The molecule has 2 atom stereocenters. The lowest BCUT2D eigenvalue weighted by Crippen LogP contribution is -2.66. The van der Waals surface area contributed by atoms with Crippen LogP contribution in [0.2, 0.25) is 5.04 Å². The summed E-state index contributed by atoms with van der Waals surface area (Å²) in [7, 11) is -1.45. The predicted octanol–water partition coefficient (Wildman–Crippen LogP) is 5.22. The van der Waals surface area contributed by atoms with Gasteiger partial charge in [-0.15, -0.1) is 4.80 Å². The Hall–Kier alpha value is -5.22.